The first-order valence-electron chi connectivity index (χ1n) is 9.00. The predicted octanol–water partition coefficient (Wildman–Crippen LogP) is 3.70. The summed E-state index contributed by atoms with van der Waals surface area (Å²) in [6.07, 6.45) is 2.61. The van der Waals surface area contributed by atoms with E-state index in [4.69, 9.17) is 10.00 Å². The van der Waals surface area contributed by atoms with Crippen molar-refractivity contribution in [1.29, 1.82) is 5.26 Å². The van der Waals surface area contributed by atoms with Gasteiger partial charge >= 0.3 is 0 Å². The lowest BCUT2D eigenvalue weighted by atomic mass is 10.2. The fourth-order valence-electron chi connectivity index (χ4n) is 2.85. The molecule has 4 rings (SSSR count). The van der Waals surface area contributed by atoms with E-state index in [0.29, 0.717) is 22.8 Å². The van der Waals surface area contributed by atoms with E-state index in [2.05, 4.69) is 15.3 Å². The van der Waals surface area contributed by atoms with Crippen LogP contribution in [0.15, 0.2) is 73.2 Å². The highest BCUT2D eigenvalue weighted by molar-refractivity contribution is 5.94. The molecule has 0 spiro atoms. The van der Waals surface area contributed by atoms with E-state index in [1.54, 1.807) is 49.8 Å². The molecule has 0 aliphatic carbocycles. The lowest BCUT2D eigenvalue weighted by Crippen LogP contribution is -2.30. The van der Waals surface area contributed by atoms with Crippen molar-refractivity contribution in [2.45, 2.75) is 13.0 Å². The number of nitrogens with one attached hydrogen (secondary N) is 1. The minimum atomic E-state index is -0.708. The summed E-state index contributed by atoms with van der Waals surface area (Å²) in [4.78, 5) is 21.2. The van der Waals surface area contributed by atoms with Crippen LogP contribution in [0.25, 0.3) is 16.9 Å². The van der Waals surface area contributed by atoms with Crippen LogP contribution in [-0.2, 0) is 4.79 Å². The molecule has 29 heavy (non-hydrogen) atoms. The summed E-state index contributed by atoms with van der Waals surface area (Å²) in [5.41, 5.74) is 2.95. The number of hydrogen-bond donors (Lipinski definition) is 1. The van der Waals surface area contributed by atoms with Crippen molar-refractivity contribution in [2.75, 3.05) is 5.32 Å². The molecule has 0 aliphatic heterocycles. The highest BCUT2D eigenvalue weighted by Crippen LogP contribution is 2.18. The molecule has 4 aromatic rings. The van der Waals surface area contributed by atoms with Gasteiger partial charge in [0.1, 0.15) is 17.9 Å². The number of hydrogen-bond acceptors (Lipinski definition) is 5. The Morgan fingerprint density at radius 2 is 1.90 bits per heavy atom. The Bertz CT molecular complexity index is 1190. The summed E-state index contributed by atoms with van der Waals surface area (Å²) >= 11 is 0. The van der Waals surface area contributed by atoms with Crippen molar-refractivity contribution in [3.8, 4) is 17.6 Å². The molecule has 0 bridgehead atoms. The number of para-hydroxylation sites is 2. The molecule has 0 fully saturated rings. The monoisotopic (exact) mass is 383 g/mol. The van der Waals surface area contributed by atoms with Crippen molar-refractivity contribution in [1.82, 2.24) is 14.5 Å². The van der Waals surface area contributed by atoms with E-state index in [9.17, 15) is 4.79 Å². The van der Waals surface area contributed by atoms with Gasteiger partial charge in [0.2, 0.25) is 0 Å². The SMILES string of the molecule is CC(Oc1ccc(C#N)cc1)C(=O)Nc1ccc(-n2cnc3ccccc32)nc1. The van der Waals surface area contributed by atoms with Gasteiger partial charge in [0.15, 0.2) is 6.10 Å². The van der Waals surface area contributed by atoms with Gasteiger partial charge in [0.25, 0.3) is 5.91 Å². The van der Waals surface area contributed by atoms with E-state index >= 15 is 0 Å². The van der Waals surface area contributed by atoms with Gasteiger partial charge in [0, 0.05) is 0 Å². The zero-order valence-corrected chi connectivity index (χ0v) is 15.6. The van der Waals surface area contributed by atoms with Crippen molar-refractivity contribution in [3.63, 3.8) is 0 Å². The van der Waals surface area contributed by atoms with E-state index in [0.717, 1.165) is 11.0 Å². The molecule has 1 atom stereocenters. The number of nitriles is 1. The van der Waals surface area contributed by atoms with Crippen molar-refractivity contribution in [2.24, 2.45) is 0 Å². The first kappa shape index (κ1) is 18.2. The third-order valence-electron chi connectivity index (χ3n) is 4.38. The van der Waals surface area contributed by atoms with Gasteiger partial charge in [-0.05, 0) is 55.5 Å². The first-order chi connectivity index (χ1) is 14.1. The van der Waals surface area contributed by atoms with Crippen molar-refractivity contribution >= 4 is 22.6 Å². The van der Waals surface area contributed by atoms with Crippen LogP contribution in [0.3, 0.4) is 0 Å². The molecule has 2 aromatic heterocycles. The second kappa shape index (κ2) is 7.82. The Kier molecular flexibility index (Phi) is 4.91. The largest absolute Gasteiger partial charge is 0.481 e. The van der Waals surface area contributed by atoms with Gasteiger partial charge in [0.05, 0.1) is 34.6 Å². The Labute approximate surface area is 167 Å². The number of carbonyl (C=O) groups excluding carboxylic acids is 1. The van der Waals surface area contributed by atoms with Gasteiger partial charge in [-0.1, -0.05) is 12.1 Å². The standard InChI is InChI=1S/C22H17N5O2/c1-15(29-18-9-6-16(12-23)7-10-18)22(28)26-17-8-11-21(24-13-17)27-14-25-19-4-2-3-5-20(19)27/h2-11,13-15H,1H3,(H,26,28). The van der Waals surface area contributed by atoms with Gasteiger partial charge in [-0.25, -0.2) is 9.97 Å². The summed E-state index contributed by atoms with van der Waals surface area (Å²) in [5.74, 6) is 0.933. The number of fused-ring (bicyclic) bond motifs is 1. The number of nitrogens with zero attached hydrogens (tertiary/aromatic N) is 4. The number of carbonyl (C=O) groups is 1. The molecular formula is C22H17N5O2. The highest BCUT2D eigenvalue weighted by atomic mass is 16.5. The van der Waals surface area contributed by atoms with E-state index in [1.165, 1.54) is 0 Å². The zero-order valence-electron chi connectivity index (χ0n) is 15.6. The molecule has 1 N–H and O–H groups in total. The second-order valence-electron chi connectivity index (χ2n) is 6.39. The minimum absolute atomic E-state index is 0.294. The van der Waals surface area contributed by atoms with Gasteiger partial charge in [-0.2, -0.15) is 5.26 Å². The number of imidazole rings is 1. The normalized spacial score (nSPS) is 11.6. The molecule has 0 saturated heterocycles. The third kappa shape index (κ3) is 3.92. The minimum Gasteiger partial charge on any atom is -0.481 e. The maximum absolute atomic E-state index is 12.4. The molecule has 0 radical (unpaired) electrons. The summed E-state index contributed by atoms with van der Waals surface area (Å²) in [5, 5.41) is 11.6. The van der Waals surface area contributed by atoms with E-state index in [1.807, 2.05) is 41.0 Å². The van der Waals surface area contributed by atoms with Crippen LogP contribution in [0.4, 0.5) is 5.69 Å². The lowest BCUT2D eigenvalue weighted by molar-refractivity contribution is -0.122. The second-order valence-corrected chi connectivity index (χ2v) is 6.39. The van der Waals surface area contributed by atoms with Gasteiger partial charge < -0.3 is 10.1 Å². The molecule has 7 heteroatoms. The molecule has 142 valence electrons. The molecule has 0 saturated carbocycles. The molecule has 7 nitrogen and oxygen atoms in total. The zero-order chi connectivity index (χ0) is 20.2. The van der Waals surface area contributed by atoms with Crippen LogP contribution in [-0.4, -0.2) is 26.5 Å². The maximum atomic E-state index is 12.4. The van der Waals surface area contributed by atoms with Crippen LogP contribution in [0, 0.1) is 11.3 Å². The summed E-state index contributed by atoms with van der Waals surface area (Å²) < 4.78 is 7.51. The number of ether oxygens (including phenoxy) is 1. The molecule has 2 aromatic carbocycles. The molecule has 0 aliphatic rings. The van der Waals surface area contributed by atoms with Gasteiger partial charge in [-0.15, -0.1) is 0 Å². The van der Waals surface area contributed by atoms with Crippen LogP contribution >= 0.6 is 0 Å². The predicted molar refractivity (Wildman–Crippen MR) is 109 cm³/mol. The van der Waals surface area contributed by atoms with Crippen LogP contribution in [0.5, 0.6) is 5.75 Å². The lowest BCUT2D eigenvalue weighted by Gasteiger charge is -2.15. The Hall–Kier alpha value is -4.18. The third-order valence-corrected chi connectivity index (χ3v) is 4.38. The molecule has 1 amide bonds. The number of rotatable bonds is 5. The quantitative estimate of drug-likeness (QED) is 0.567. The molecule has 2 heterocycles. The number of anilines is 1. The Morgan fingerprint density at radius 3 is 2.62 bits per heavy atom. The highest BCUT2D eigenvalue weighted by Gasteiger charge is 2.15. The Morgan fingerprint density at radius 1 is 1.10 bits per heavy atom. The van der Waals surface area contributed by atoms with Crippen LogP contribution in [0.2, 0.25) is 0 Å². The fourth-order valence-corrected chi connectivity index (χ4v) is 2.85. The fraction of sp³-hybridized carbons (Fsp3) is 0.0909. The summed E-state index contributed by atoms with van der Waals surface area (Å²) in [7, 11) is 0. The summed E-state index contributed by atoms with van der Waals surface area (Å²) in [6.45, 7) is 1.66. The maximum Gasteiger partial charge on any atom is 0.265 e. The average Bonchev–Trinajstić information content (AvgIpc) is 3.19. The van der Waals surface area contributed by atoms with E-state index < -0.39 is 6.10 Å². The smallest absolute Gasteiger partial charge is 0.265 e. The summed E-state index contributed by atoms with van der Waals surface area (Å²) in [6, 6.07) is 20.0. The van der Waals surface area contributed by atoms with Crippen molar-refractivity contribution in [3.05, 3.63) is 78.8 Å². The van der Waals surface area contributed by atoms with Crippen molar-refractivity contribution < 1.29 is 9.53 Å². The molecule has 1 unspecified atom stereocenters. The molecular weight excluding hydrogens is 366 g/mol. The number of benzene rings is 2. The number of pyridine rings is 1. The van der Waals surface area contributed by atoms with Crippen LogP contribution in [0.1, 0.15) is 12.5 Å². The van der Waals surface area contributed by atoms with Crippen LogP contribution < -0.4 is 10.1 Å². The van der Waals surface area contributed by atoms with Gasteiger partial charge in [-0.3, -0.25) is 9.36 Å². The average molecular weight is 383 g/mol. The topological polar surface area (TPSA) is 92.8 Å². The van der Waals surface area contributed by atoms with E-state index in [-0.39, 0.29) is 5.91 Å². The first-order valence-corrected chi connectivity index (χ1v) is 9.00. The number of aromatic nitrogens is 3. The number of amides is 1. The Balaban J connectivity index is 1.42.